The number of amides is 3. The van der Waals surface area contributed by atoms with Crippen LogP contribution in [0.5, 0.6) is 0 Å². The number of hydrogen-bond donors (Lipinski definition) is 2. The first-order valence-electron chi connectivity index (χ1n) is 11.7. The number of hydrogen-bond acceptors (Lipinski definition) is 4. The second-order valence-corrected chi connectivity index (χ2v) is 8.90. The average molecular weight is 449 g/mol. The molecule has 1 heterocycles. The molecule has 2 aromatic carbocycles. The van der Waals surface area contributed by atoms with Gasteiger partial charge in [0.15, 0.2) is 0 Å². The summed E-state index contributed by atoms with van der Waals surface area (Å²) < 4.78 is 0. The molecular formula is C26H32N4O3. The lowest BCUT2D eigenvalue weighted by molar-refractivity contribution is -0.136. The third kappa shape index (κ3) is 6.20. The van der Waals surface area contributed by atoms with Crippen LogP contribution in [0.3, 0.4) is 0 Å². The number of carbonyl (C=O) groups is 3. The van der Waals surface area contributed by atoms with Crippen molar-refractivity contribution >= 4 is 17.7 Å². The van der Waals surface area contributed by atoms with Crippen LogP contribution in [0.25, 0.3) is 0 Å². The van der Waals surface area contributed by atoms with E-state index in [4.69, 9.17) is 0 Å². The van der Waals surface area contributed by atoms with Crippen molar-refractivity contribution in [1.29, 1.82) is 0 Å². The zero-order valence-electron chi connectivity index (χ0n) is 19.1. The monoisotopic (exact) mass is 448 g/mol. The van der Waals surface area contributed by atoms with Crippen LogP contribution < -0.4 is 10.6 Å². The Labute approximate surface area is 195 Å². The van der Waals surface area contributed by atoms with Gasteiger partial charge in [0.2, 0.25) is 11.8 Å². The second-order valence-electron chi connectivity index (χ2n) is 8.90. The van der Waals surface area contributed by atoms with Gasteiger partial charge >= 0.3 is 0 Å². The largest absolute Gasteiger partial charge is 0.352 e. The zero-order chi connectivity index (χ0) is 23.2. The molecule has 7 heteroatoms. The van der Waals surface area contributed by atoms with Gasteiger partial charge in [-0.1, -0.05) is 48.5 Å². The van der Waals surface area contributed by atoms with Crippen molar-refractivity contribution in [3.8, 4) is 0 Å². The molecule has 33 heavy (non-hydrogen) atoms. The van der Waals surface area contributed by atoms with E-state index in [2.05, 4.69) is 15.5 Å². The van der Waals surface area contributed by atoms with Crippen LogP contribution in [0, 0.1) is 0 Å². The Morgan fingerprint density at radius 2 is 1.52 bits per heavy atom. The minimum Gasteiger partial charge on any atom is -0.352 e. The first-order chi connectivity index (χ1) is 16.0. The molecule has 7 nitrogen and oxygen atoms in total. The maximum atomic E-state index is 13.4. The topological polar surface area (TPSA) is 81.8 Å². The summed E-state index contributed by atoms with van der Waals surface area (Å²) in [6.45, 7) is 4.26. The van der Waals surface area contributed by atoms with Crippen LogP contribution in [0.15, 0.2) is 60.7 Å². The van der Waals surface area contributed by atoms with Crippen molar-refractivity contribution in [3.05, 3.63) is 71.8 Å². The molecule has 2 atom stereocenters. The Hall–Kier alpha value is -3.19. The van der Waals surface area contributed by atoms with Crippen molar-refractivity contribution in [1.82, 2.24) is 20.4 Å². The van der Waals surface area contributed by atoms with E-state index in [-0.39, 0.29) is 23.8 Å². The fourth-order valence-electron chi connectivity index (χ4n) is 4.15. The van der Waals surface area contributed by atoms with Gasteiger partial charge < -0.3 is 15.5 Å². The highest BCUT2D eigenvalue weighted by Crippen LogP contribution is 2.19. The van der Waals surface area contributed by atoms with Gasteiger partial charge in [-0.25, -0.2) is 0 Å². The van der Waals surface area contributed by atoms with E-state index in [9.17, 15) is 14.4 Å². The van der Waals surface area contributed by atoms with Gasteiger partial charge in [-0.05, 0) is 37.5 Å². The summed E-state index contributed by atoms with van der Waals surface area (Å²) in [5.74, 6) is -0.277. The van der Waals surface area contributed by atoms with Gasteiger partial charge in [-0.2, -0.15) is 0 Å². The predicted molar refractivity (Wildman–Crippen MR) is 127 cm³/mol. The Bertz CT molecular complexity index is 954. The SMILES string of the molecule is CC(C(=O)NC1CC1)N1CCN(C(=O)C(Cc2ccccc2)NC(=O)c2ccccc2)CC1. The molecule has 1 aliphatic carbocycles. The molecule has 2 unspecified atom stereocenters. The van der Waals surface area contributed by atoms with Gasteiger partial charge in [-0.15, -0.1) is 0 Å². The summed E-state index contributed by atoms with van der Waals surface area (Å²) >= 11 is 0. The summed E-state index contributed by atoms with van der Waals surface area (Å²) in [7, 11) is 0. The minimum absolute atomic E-state index is 0.0642. The Balaban J connectivity index is 1.39. The molecule has 174 valence electrons. The van der Waals surface area contributed by atoms with Crippen LogP contribution in [-0.4, -0.2) is 71.8 Å². The number of nitrogens with one attached hydrogen (secondary N) is 2. The first-order valence-corrected chi connectivity index (χ1v) is 11.7. The summed E-state index contributed by atoms with van der Waals surface area (Å²) in [5.41, 5.74) is 1.52. The Morgan fingerprint density at radius 3 is 2.12 bits per heavy atom. The molecule has 1 aliphatic heterocycles. The van der Waals surface area contributed by atoms with Gasteiger partial charge in [0, 0.05) is 44.2 Å². The third-order valence-corrected chi connectivity index (χ3v) is 6.40. The van der Waals surface area contributed by atoms with E-state index in [0.717, 1.165) is 18.4 Å². The summed E-state index contributed by atoms with van der Waals surface area (Å²) in [4.78, 5) is 42.6. The molecule has 0 aromatic heterocycles. The molecule has 0 radical (unpaired) electrons. The summed E-state index contributed by atoms with van der Waals surface area (Å²) in [5, 5.41) is 6.01. The Kier molecular flexibility index (Phi) is 7.40. The highest BCUT2D eigenvalue weighted by atomic mass is 16.2. The van der Waals surface area contributed by atoms with Crippen molar-refractivity contribution in [2.24, 2.45) is 0 Å². The molecule has 2 aromatic rings. The van der Waals surface area contributed by atoms with Crippen LogP contribution in [-0.2, 0) is 16.0 Å². The summed E-state index contributed by atoms with van der Waals surface area (Å²) in [6.07, 6.45) is 2.56. The van der Waals surface area contributed by atoms with E-state index in [1.54, 1.807) is 17.0 Å². The first kappa shape index (κ1) is 23.0. The normalized spacial score (nSPS) is 18.3. The molecular weight excluding hydrogens is 416 g/mol. The van der Waals surface area contributed by atoms with Crippen molar-refractivity contribution < 1.29 is 14.4 Å². The molecule has 0 bridgehead atoms. The highest BCUT2D eigenvalue weighted by molar-refractivity contribution is 5.97. The lowest BCUT2D eigenvalue weighted by Crippen LogP contribution is -2.58. The summed E-state index contributed by atoms with van der Waals surface area (Å²) in [6, 6.07) is 18.2. The molecule has 3 amide bonds. The van der Waals surface area contributed by atoms with Crippen LogP contribution in [0.4, 0.5) is 0 Å². The number of piperazine rings is 1. The van der Waals surface area contributed by atoms with E-state index in [0.29, 0.717) is 44.2 Å². The zero-order valence-corrected chi connectivity index (χ0v) is 19.1. The van der Waals surface area contributed by atoms with Gasteiger partial charge in [-0.3, -0.25) is 19.3 Å². The molecule has 2 N–H and O–H groups in total. The average Bonchev–Trinajstić information content (AvgIpc) is 3.68. The molecule has 0 spiro atoms. The van der Waals surface area contributed by atoms with Gasteiger partial charge in [0.25, 0.3) is 5.91 Å². The van der Waals surface area contributed by atoms with Gasteiger partial charge in [0.1, 0.15) is 6.04 Å². The molecule has 1 saturated carbocycles. The lowest BCUT2D eigenvalue weighted by Gasteiger charge is -2.38. The highest BCUT2D eigenvalue weighted by Gasteiger charge is 2.33. The third-order valence-electron chi connectivity index (χ3n) is 6.40. The molecule has 4 rings (SSSR count). The predicted octanol–water partition coefficient (Wildman–Crippen LogP) is 1.84. The quantitative estimate of drug-likeness (QED) is 0.646. The van der Waals surface area contributed by atoms with E-state index in [1.807, 2.05) is 55.5 Å². The van der Waals surface area contributed by atoms with Crippen LogP contribution in [0.1, 0.15) is 35.7 Å². The Morgan fingerprint density at radius 1 is 0.909 bits per heavy atom. The van der Waals surface area contributed by atoms with Gasteiger partial charge in [0.05, 0.1) is 6.04 Å². The minimum atomic E-state index is -0.651. The van der Waals surface area contributed by atoms with Crippen molar-refractivity contribution in [2.45, 2.75) is 44.3 Å². The number of carbonyl (C=O) groups excluding carboxylic acids is 3. The van der Waals surface area contributed by atoms with E-state index >= 15 is 0 Å². The van der Waals surface area contributed by atoms with Crippen LogP contribution in [0.2, 0.25) is 0 Å². The standard InChI is InChI=1S/C26H32N4O3/c1-19(24(31)27-22-12-13-22)29-14-16-30(17-15-29)26(33)23(18-20-8-4-2-5-9-20)28-25(32)21-10-6-3-7-11-21/h2-11,19,22-23H,12-18H2,1H3,(H,27,31)(H,28,32). The second kappa shape index (κ2) is 10.6. The lowest BCUT2D eigenvalue weighted by atomic mass is 10.0. The van der Waals surface area contributed by atoms with Crippen LogP contribution >= 0.6 is 0 Å². The maximum Gasteiger partial charge on any atom is 0.251 e. The van der Waals surface area contributed by atoms with E-state index in [1.165, 1.54) is 0 Å². The van der Waals surface area contributed by atoms with Crippen molar-refractivity contribution in [3.63, 3.8) is 0 Å². The molecule has 1 saturated heterocycles. The molecule has 2 aliphatic rings. The number of benzene rings is 2. The molecule has 2 fully saturated rings. The fourth-order valence-corrected chi connectivity index (χ4v) is 4.15. The fraction of sp³-hybridized carbons (Fsp3) is 0.423. The number of rotatable bonds is 8. The van der Waals surface area contributed by atoms with Crippen molar-refractivity contribution in [2.75, 3.05) is 26.2 Å². The maximum absolute atomic E-state index is 13.4. The number of nitrogens with zero attached hydrogens (tertiary/aromatic N) is 2. The van der Waals surface area contributed by atoms with E-state index < -0.39 is 6.04 Å². The smallest absolute Gasteiger partial charge is 0.251 e.